The first kappa shape index (κ1) is 21.7. The van der Waals surface area contributed by atoms with Crippen molar-refractivity contribution >= 4 is 12.0 Å². The van der Waals surface area contributed by atoms with Crippen LogP contribution in [0.1, 0.15) is 30.6 Å². The van der Waals surface area contributed by atoms with Crippen LogP contribution in [-0.4, -0.2) is 37.3 Å². The molecule has 3 N–H and O–H groups in total. The van der Waals surface area contributed by atoms with Crippen LogP contribution in [0.15, 0.2) is 54.6 Å². The molecule has 0 spiro atoms. The Bertz CT molecular complexity index is 580. The smallest absolute Gasteiger partial charge is 0.150 e. The summed E-state index contributed by atoms with van der Waals surface area (Å²) in [6, 6.07) is 18.1. The molecule has 4 heteroatoms. The second-order valence-electron chi connectivity index (χ2n) is 5.28. The third-order valence-corrected chi connectivity index (χ3v) is 3.26. The number of carbonyl (C=O) groups is 1. The van der Waals surface area contributed by atoms with Gasteiger partial charge in [0.25, 0.3) is 0 Å². The van der Waals surface area contributed by atoms with Crippen molar-refractivity contribution in [1.29, 1.82) is 5.41 Å². The van der Waals surface area contributed by atoms with Crippen molar-refractivity contribution in [3.05, 3.63) is 60.2 Å². The molecule has 0 fully saturated rings. The molecule has 0 saturated carbocycles. The van der Waals surface area contributed by atoms with Gasteiger partial charge in [-0.3, -0.25) is 4.79 Å². The first-order valence-corrected chi connectivity index (χ1v) is 7.83. The molecule has 0 bridgehead atoms. The largest absolute Gasteiger partial charge is 0.400 e. The van der Waals surface area contributed by atoms with Crippen LogP contribution in [-0.2, 0) is 0 Å². The van der Waals surface area contributed by atoms with Crippen LogP contribution in [0.4, 0.5) is 0 Å². The van der Waals surface area contributed by atoms with E-state index in [1.165, 1.54) is 5.56 Å². The molecule has 130 valence electrons. The average molecular weight is 328 g/mol. The van der Waals surface area contributed by atoms with Crippen LogP contribution >= 0.6 is 0 Å². The SMILES string of the molecule is CNC(C)CC(C)=N.CO.O=Cc1ccc(-c2ccccc2)cc1. The van der Waals surface area contributed by atoms with Crippen LogP contribution in [0.5, 0.6) is 0 Å². The van der Waals surface area contributed by atoms with Crippen LogP contribution in [0.25, 0.3) is 11.1 Å². The second-order valence-corrected chi connectivity index (χ2v) is 5.28. The molecular formula is C20H28N2O2. The van der Waals surface area contributed by atoms with E-state index in [4.69, 9.17) is 10.5 Å². The topological polar surface area (TPSA) is 73.2 Å². The minimum Gasteiger partial charge on any atom is -0.400 e. The van der Waals surface area contributed by atoms with Crippen molar-refractivity contribution in [2.75, 3.05) is 14.2 Å². The highest BCUT2D eigenvalue weighted by Crippen LogP contribution is 2.18. The zero-order valence-electron chi connectivity index (χ0n) is 14.9. The maximum Gasteiger partial charge on any atom is 0.150 e. The minimum atomic E-state index is 0.451. The number of hydrogen-bond acceptors (Lipinski definition) is 4. The Kier molecular flexibility index (Phi) is 11.9. The van der Waals surface area contributed by atoms with E-state index in [2.05, 4.69) is 24.4 Å². The molecule has 4 nitrogen and oxygen atoms in total. The van der Waals surface area contributed by atoms with Gasteiger partial charge < -0.3 is 15.8 Å². The van der Waals surface area contributed by atoms with E-state index in [0.29, 0.717) is 11.6 Å². The Morgan fingerprint density at radius 1 is 1.08 bits per heavy atom. The Labute approximate surface area is 145 Å². The van der Waals surface area contributed by atoms with Gasteiger partial charge in [0.15, 0.2) is 0 Å². The standard InChI is InChI=1S/C13H10O.C6H14N2.CH4O/c14-10-11-6-8-13(9-7-11)12-4-2-1-3-5-12;1-5(7)4-6(2)8-3;1-2/h1-10H;6-8H,4H2,1-3H3;2H,1H3. The van der Waals surface area contributed by atoms with Crippen molar-refractivity contribution in [2.24, 2.45) is 0 Å². The summed E-state index contributed by atoms with van der Waals surface area (Å²) in [5.41, 5.74) is 3.76. The van der Waals surface area contributed by atoms with E-state index in [0.717, 1.165) is 31.1 Å². The third kappa shape index (κ3) is 8.98. The number of benzene rings is 2. The van der Waals surface area contributed by atoms with Crippen molar-refractivity contribution in [3.63, 3.8) is 0 Å². The maximum atomic E-state index is 10.5. The summed E-state index contributed by atoms with van der Waals surface area (Å²) in [6.45, 7) is 3.89. The van der Waals surface area contributed by atoms with Gasteiger partial charge in [0.05, 0.1) is 0 Å². The minimum absolute atomic E-state index is 0.451. The summed E-state index contributed by atoms with van der Waals surface area (Å²) in [7, 11) is 2.91. The number of aldehydes is 1. The zero-order chi connectivity index (χ0) is 18.4. The lowest BCUT2D eigenvalue weighted by atomic mass is 10.0. The Morgan fingerprint density at radius 3 is 1.96 bits per heavy atom. The second kappa shape index (κ2) is 13.2. The summed E-state index contributed by atoms with van der Waals surface area (Å²) >= 11 is 0. The highest BCUT2D eigenvalue weighted by atomic mass is 16.2. The van der Waals surface area contributed by atoms with Crippen LogP contribution in [0.2, 0.25) is 0 Å². The molecule has 24 heavy (non-hydrogen) atoms. The van der Waals surface area contributed by atoms with E-state index >= 15 is 0 Å². The lowest BCUT2D eigenvalue weighted by Crippen LogP contribution is -2.23. The monoisotopic (exact) mass is 328 g/mol. The van der Waals surface area contributed by atoms with Gasteiger partial charge in [-0.05, 0) is 38.4 Å². The van der Waals surface area contributed by atoms with Crippen LogP contribution < -0.4 is 5.32 Å². The molecule has 0 amide bonds. The first-order chi connectivity index (χ1) is 11.6. The summed E-state index contributed by atoms with van der Waals surface area (Å²) in [6.07, 6.45) is 1.71. The normalized spacial score (nSPS) is 10.4. The van der Waals surface area contributed by atoms with Gasteiger partial charge in [0, 0.05) is 24.4 Å². The van der Waals surface area contributed by atoms with Gasteiger partial charge in [-0.15, -0.1) is 0 Å². The lowest BCUT2D eigenvalue weighted by molar-refractivity contribution is 0.112. The maximum absolute atomic E-state index is 10.5. The van der Waals surface area contributed by atoms with Crippen molar-refractivity contribution in [2.45, 2.75) is 26.3 Å². The van der Waals surface area contributed by atoms with E-state index in [1.807, 2.05) is 56.4 Å². The lowest BCUT2D eigenvalue weighted by Gasteiger charge is -2.06. The highest BCUT2D eigenvalue weighted by molar-refractivity contribution is 5.79. The first-order valence-electron chi connectivity index (χ1n) is 7.83. The number of hydrogen-bond donors (Lipinski definition) is 3. The number of rotatable bonds is 5. The Hall–Kier alpha value is -2.30. The van der Waals surface area contributed by atoms with Gasteiger partial charge >= 0.3 is 0 Å². The summed E-state index contributed by atoms with van der Waals surface area (Å²) in [5, 5.41) is 17.1. The zero-order valence-corrected chi connectivity index (χ0v) is 14.9. The fraction of sp³-hybridized carbons (Fsp3) is 0.300. The highest BCUT2D eigenvalue weighted by Gasteiger charge is 1.96. The molecule has 0 aliphatic carbocycles. The van der Waals surface area contributed by atoms with Crippen LogP contribution in [0.3, 0.4) is 0 Å². The summed E-state index contributed by atoms with van der Waals surface area (Å²) in [4.78, 5) is 10.5. The van der Waals surface area contributed by atoms with Gasteiger partial charge in [-0.25, -0.2) is 0 Å². The molecule has 2 aromatic carbocycles. The number of aliphatic hydroxyl groups excluding tert-OH is 1. The summed E-state index contributed by atoms with van der Waals surface area (Å²) < 4.78 is 0. The molecule has 2 aromatic rings. The predicted octanol–water partition coefficient (Wildman–Crippen LogP) is 3.80. The quantitative estimate of drug-likeness (QED) is 0.577. The fourth-order valence-corrected chi connectivity index (χ4v) is 1.95. The molecule has 1 atom stereocenters. The molecular weight excluding hydrogens is 300 g/mol. The molecule has 0 aliphatic heterocycles. The molecule has 0 saturated heterocycles. The molecule has 1 unspecified atom stereocenters. The van der Waals surface area contributed by atoms with Crippen molar-refractivity contribution in [3.8, 4) is 11.1 Å². The number of carbonyl (C=O) groups excluding carboxylic acids is 1. The number of nitrogens with one attached hydrogen (secondary N) is 2. The van der Waals surface area contributed by atoms with Crippen LogP contribution in [0, 0.1) is 5.41 Å². The van der Waals surface area contributed by atoms with E-state index in [-0.39, 0.29) is 0 Å². The number of aliphatic hydroxyl groups is 1. The van der Waals surface area contributed by atoms with Crippen molar-refractivity contribution < 1.29 is 9.90 Å². The van der Waals surface area contributed by atoms with Gasteiger partial charge in [-0.2, -0.15) is 0 Å². The van der Waals surface area contributed by atoms with Gasteiger partial charge in [0.1, 0.15) is 6.29 Å². The van der Waals surface area contributed by atoms with Gasteiger partial charge in [0.2, 0.25) is 0 Å². The van der Waals surface area contributed by atoms with E-state index in [9.17, 15) is 4.79 Å². The molecule has 0 heterocycles. The predicted molar refractivity (Wildman–Crippen MR) is 102 cm³/mol. The Balaban J connectivity index is 0.000000456. The van der Waals surface area contributed by atoms with Crippen molar-refractivity contribution in [1.82, 2.24) is 5.32 Å². The average Bonchev–Trinajstić information content (AvgIpc) is 2.64. The molecule has 0 radical (unpaired) electrons. The van der Waals surface area contributed by atoms with Gasteiger partial charge in [-0.1, -0.05) is 54.6 Å². The molecule has 0 aliphatic rings. The third-order valence-electron chi connectivity index (χ3n) is 3.26. The van der Waals surface area contributed by atoms with E-state index in [1.54, 1.807) is 0 Å². The summed E-state index contributed by atoms with van der Waals surface area (Å²) in [5.74, 6) is 0. The molecule has 2 rings (SSSR count). The fourth-order valence-electron chi connectivity index (χ4n) is 1.95. The molecule has 0 aromatic heterocycles. The van der Waals surface area contributed by atoms with E-state index < -0.39 is 0 Å². The Morgan fingerprint density at radius 2 is 1.58 bits per heavy atom.